The van der Waals surface area contributed by atoms with E-state index in [2.05, 4.69) is 15.6 Å². The molecule has 0 unspecified atom stereocenters. The minimum absolute atomic E-state index is 0.194. The molecule has 7 heteroatoms. The Labute approximate surface area is 140 Å². The van der Waals surface area contributed by atoms with Gasteiger partial charge in [-0.15, -0.1) is 23.2 Å². The first-order chi connectivity index (χ1) is 10.1. The summed E-state index contributed by atoms with van der Waals surface area (Å²) in [5.74, 6) is 0.617. The van der Waals surface area contributed by atoms with Crippen LogP contribution in [0.3, 0.4) is 0 Å². The lowest BCUT2D eigenvalue weighted by Gasteiger charge is -2.21. The van der Waals surface area contributed by atoms with Gasteiger partial charge >= 0.3 is 0 Å². The maximum atomic E-state index is 12.1. The first-order valence-electron chi connectivity index (χ1n) is 6.84. The average molecular weight is 346 g/mol. The van der Waals surface area contributed by atoms with Crippen molar-refractivity contribution in [2.45, 2.75) is 27.7 Å². The topological polar surface area (TPSA) is 71.1 Å². The maximum absolute atomic E-state index is 12.1. The van der Waals surface area contributed by atoms with Crippen molar-refractivity contribution in [3.63, 3.8) is 0 Å². The molecule has 5 nitrogen and oxygen atoms in total. The van der Waals surface area contributed by atoms with E-state index in [4.69, 9.17) is 23.2 Å². The lowest BCUT2D eigenvalue weighted by Crippen LogP contribution is -2.33. The Balaban J connectivity index is 2.83. The highest BCUT2D eigenvalue weighted by Crippen LogP contribution is 2.22. The Kier molecular flexibility index (Phi) is 6.20. The van der Waals surface area contributed by atoms with Crippen molar-refractivity contribution in [1.29, 1.82) is 0 Å². The summed E-state index contributed by atoms with van der Waals surface area (Å²) in [5.41, 5.74) is -1.41. The average Bonchev–Trinajstić information content (AvgIpc) is 2.47. The standard InChI is InChI=1S/C15H21Cl2N3O2/c1-14(2,8-16)12(21)19-10-6-5-7-11(18-10)20-13(22)15(3,4)9-17/h5-7H,8-9H2,1-4H3,(H2,18,19,20,21,22). The summed E-state index contributed by atoms with van der Waals surface area (Å²) in [6.07, 6.45) is 0. The number of pyridine rings is 1. The number of rotatable bonds is 6. The number of anilines is 2. The number of hydrogen-bond donors (Lipinski definition) is 2. The Hall–Kier alpha value is -1.33. The monoisotopic (exact) mass is 345 g/mol. The van der Waals surface area contributed by atoms with Gasteiger partial charge in [-0.1, -0.05) is 6.07 Å². The van der Waals surface area contributed by atoms with Crippen molar-refractivity contribution < 1.29 is 9.59 Å². The molecule has 0 aliphatic rings. The molecule has 1 aromatic heterocycles. The largest absolute Gasteiger partial charge is 0.310 e. The van der Waals surface area contributed by atoms with E-state index in [9.17, 15) is 9.59 Å². The molecule has 1 heterocycles. The van der Waals surface area contributed by atoms with Crippen molar-refractivity contribution in [1.82, 2.24) is 4.98 Å². The predicted octanol–water partition coefficient (Wildman–Crippen LogP) is 3.49. The fourth-order valence-corrected chi connectivity index (χ4v) is 1.51. The highest BCUT2D eigenvalue weighted by Gasteiger charge is 2.28. The van der Waals surface area contributed by atoms with Crippen LogP contribution in [0.4, 0.5) is 11.6 Å². The van der Waals surface area contributed by atoms with E-state index in [1.165, 1.54) is 0 Å². The van der Waals surface area contributed by atoms with Gasteiger partial charge in [-0.05, 0) is 39.8 Å². The van der Waals surface area contributed by atoms with Crippen LogP contribution >= 0.6 is 23.2 Å². The molecule has 0 aliphatic heterocycles. The van der Waals surface area contributed by atoms with Crippen molar-refractivity contribution in [3.8, 4) is 0 Å². The molecule has 22 heavy (non-hydrogen) atoms. The normalized spacial score (nSPS) is 11.9. The van der Waals surface area contributed by atoms with E-state index in [0.29, 0.717) is 11.6 Å². The molecule has 2 amide bonds. The minimum Gasteiger partial charge on any atom is -0.310 e. The van der Waals surface area contributed by atoms with E-state index in [0.717, 1.165) is 0 Å². The number of aromatic nitrogens is 1. The first kappa shape index (κ1) is 18.7. The zero-order valence-corrected chi connectivity index (χ0v) is 14.7. The summed E-state index contributed by atoms with van der Waals surface area (Å²) in [6, 6.07) is 4.98. The summed E-state index contributed by atoms with van der Waals surface area (Å²) in [6.45, 7) is 6.96. The van der Waals surface area contributed by atoms with E-state index in [1.807, 2.05) is 0 Å². The molecule has 1 rings (SSSR count). The smallest absolute Gasteiger partial charge is 0.232 e. The number of amides is 2. The summed E-state index contributed by atoms with van der Waals surface area (Å²) in [7, 11) is 0. The van der Waals surface area contributed by atoms with Gasteiger partial charge in [0.1, 0.15) is 11.6 Å². The van der Waals surface area contributed by atoms with E-state index < -0.39 is 10.8 Å². The van der Waals surface area contributed by atoms with Gasteiger partial charge in [0, 0.05) is 11.8 Å². The highest BCUT2D eigenvalue weighted by molar-refractivity contribution is 6.20. The van der Waals surface area contributed by atoms with E-state index >= 15 is 0 Å². The fraction of sp³-hybridized carbons (Fsp3) is 0.533. The second kappa shape index (κ2) is 7.29. The molecule has 0 bridgehead atoms. The second-order valence-corrected chi connectivity index (χ2v) is 6.89. The molecular formula is C15H21Cl2N3O2. The minimum atomic E-state index is -0.705. The maximum Gasteiger partial charge on any atom is 0.232 e. The number of alkyl halides is 2. The molecule has 0 aliphatic carbocycles. The third kappa shape index (κ3) is 4.85. The van der Waals surface area contributed by atoms with Crippen LogP contribution in [0, 0.1) is 10.8 Å². The van der Waals surface area contributed by atoms with Crippen LogP contribution in [-0.4, -0.2) is 28.6 Å². The van der Waals surface area contributed by atoms with Crippen molar-refractivity contribution in [2.75, 3.05) is 22.4 Å². The van der Waals surface area contributed by atoms with Gasteiger partial charge in [-0.25, -0.2) is 4.98 Å². The van der Waals surface area contributed by atoms with Crippen molar-refractivity contribution in [2.24, 2.45) is 10.8 Å². The Morgan fingerprint density at radius 3 is 1.64 bits per heavy atom. The Morgan fingerprint density at radius 2 is 1.32 bits per heavy atom. The van der Waals surface area contributed by atoms with Crippen LogP contribution in [0.15, 0.2) is 18.2 Å². The molecule has 0 aromatic carbocycles. The van der Waals surface area contributed by atoms with E-state index in [-0.39, 0.29) is 23.6 Å². The molecule has 0 fully saturated rings. The zero-order chi connectivity index (χ0) is 17.0. The molecule has 0 saturated heterocycles. The number of hydrogen-bond acceptors (Lipinski definition) is 3. The van der Waals surface area contributed by atoms with Gasteiger partial charge in [-0.3, -0.25) is 9.59 Å². The van der Waals surface area contributed by atoms with E-state index in [1.54, 1.807) is 45.9 Å². The Morgan fingerprint density at radius 1 is 0.955 bits per heavy atom. The number of nitrogens with zero attached hydrogens (tertiary/aromatic N) is 1. The van der Waals surface area contributed by atoms with Crippen molar-refractivity contribution >= 4 is 46.7 Å². The molecular weight excluding hydrogens is 325 g/mol. The third-order valence-corrected chi connectivity index (χ3v) is 4.47. The molecule has 0 atom stereocenters. The van der Waals surface area contributed by atoms with Gasteiger partial charge in [0.2, 0.25) is 11.8 Å². The quantitative estimate of drug-likeness (QED) is 0.775. The van der Waals surface area contributed by atoms with Gasteiger partial charge in [0.15, 0.2) is 0 Å². The summed E-state index contributed by atoms with van der Waals surface area (Å²) in [5, 5.41) is 5.38. The molecule has 1 aromatic rings. The predicted molar refractivity (Wildman–Crippen MR) is 90.5 cm³/mol. The lowest BCUT2D eigenvalue weighted by molar-refractivity contribution is -0.123. The fourth-order valence-electron chi connectivity index (χ4n) is 1.27. The Bertz CT molecular complexity index is 514. The third-order valence-electron chi connectivity index (χ3n) is 3.13. The first-order valence-corrected chi connectivity index (χ1v) is 7.91. The van der Waals surface area contributed by atoms with Crippen molar-refractivity contribution in [3.05, 3.63) is 18.2 Å². The van der Waals surface area contributed by atoms with Gasteiger partial charge in [0.05, 0.1) is 10.8 Å². The second-order valence-electron chi connectivity index (χ2n) is 6.35. The summed E-state index contributed by atoms with van der Waals surface area (Å²) >= 11 is 11.5. The van der Waals surface area contributed by atoms with Crippen LogP contribution in [0.2, 0.25) is 0 Å². The van der Waals surface area contributed by atoms with Crippen LogP contribution in [0.5, 0.6) is 0 Å². The molecule has 0 saturated carbocycles. The summed E-state index contributed by atoms with van der Waals surface area (Å²) < 4.78 is 0. The van der Waals surface area contributed by atoms with Crippen LogP contribution in [-0.2, 0) is 9.59 Å². The van der Waals surface area contributed by atoms with Gasteiger partial charge in [-0.2, -0.15) is 0 Å². The zero-order valence-electron chi connectivity index (χ0n) is 13.2. The van der Waals surface area contributed by atoms with Gasteiger partial charge in [0.25, 0.3) is 0 Å². The van der Waals surface area contributed by atoms with Crippen LogP contribution < -0.4 is 10.6 Å². The van der Waals surface area contributed by atoms with Crippen LogP contribution in [0.1, 0.15) is 27.7 Å². The molecule has 122 valence electrons. The highest BCUT2D eigenvalue weighted by atomic mass is 35.5. The van der Waals surface area contributed by atoms with Crippen LogP contribution in [0.25, 0.3) is 0 Å². The van der Waals surface area contributed by atoms with Gasteiger partial charge < -0.3 is 10.6 Å². The number of halogens is 2. The molecule has 0 radical (unpaired) electrons. The number of carbonyl (C=O) groups is 2. The number of nitrogens with one attached hydrogen (secondary N) is 2. The summed E-state index contributed by atoms with van der Waals surface area (Å²) in [4.78, 5) is 28.3. The lowest BCUT2D eigenvalue weighted by atomic mass is 9.95. The molecule has 2 N–H and O–H groups in total. The SMILES string of the molecule is CC(C)(CCl)C(=O)Nc1cccc(NC(=O)C(C)(C)CCl)n1. The number of carbonyl (C=O) groups excluding carboxylic acids is 2. The molecule has 0 spiro atoms.